The number of hydrogen-bond donors (Lipinski definition) is 2. The first-order valence-corrected chi connectivity index (χ1v) is 9.36. The molecule has 6 heteroatoms. The van der Waals surface area contributed by atoms with E-state index in [9.17, 15) is 9.59 Å². The van der Waals surface area contributed by atoms with Crippen LogP contribution in [0.4, 0.5) is 5.82 Å². The van der Waals surface area contributed by atoms with Gasteiger partial charge >= 0.3 is 0 Å². The van der Waals surface area contributed by atoms with Gasteiger partial charge in [-0.15, -0.1) is 0 Å². The van der Waals surface area contributed by atoms with Gasteiger partial charge in [0.25, 0.3) is 5.91 Å². The standard InChI is InChI=1S/C23H24N4O2/c1-16-9-11-17(12-10-16)15-27(23(29)19-8-5-13-26-22(19)25)20(14-21(24)28)18-6-3-2-4-7-18/h2-13,20H,14-15H2,1H3,(H2,24,28)(H2,25,26)/t20-/m0/s1. The summed E-state index contributed by atoms with van der Waals surface area (Å²) in [5.41, 5.74) is 14.7. The average molecular weight is 388 g/mol. The Kier molecular flexibility index (Phi) is 6.24. The van der Waals surface area contributed by atoms with Crippen LogP contribution in [0.25, 0.3) is 0 Å². The number of aryl methyl sites for hydroxylation is 1. The van der Waals surface area contributed by atoms with Crippen molar-refractivity contribution in [1.82, 2.24) is 9.88 Å². The molecule has 0 radical (unpaired) electrons. The number of aromatic nitrogens is 1. The molecule has 1 aromatic heterocycles. The number of benzene rings is 2. The molecule has 1 atom stereocenters. The first-order chi connectivity index (χ1) is 14.0. The van der Waals surface area contributed by atoms with Gasteiger partial charge in [0.2, 0.25) is 5.91 Å². The molecular weight excluding hydrogens is 364 g/mol. The number of nitrogens with two attached hydrogens (primary N) is 2. The molecule has 2 aromatic carbocycles. The lowest BCUT2D eigenvalue weighted by Crippen LogP contribution is -2.37. The van der Waals surface area contributed by atoms with Crippen molar-refractivity contribution < 1.29 is 9.59 Å². The van der Waals surface area contributed by atoms with E-state index in [1.165, 1.54) is 6.20 Å². The molecule has 0 unspecified atom stereocenters. The molecule has 6 nitrogen and oxygen atoms in total. The molecule has 0 aliphatic carbocycles. The van der Waals surface area contributed by atoms with Crippen molar-refractivity contribution in [3.8, 4) is 0 Å². The summed E-state index contributed by atoms with van der Waals surface area (Å²) in [6.45, 7) is 2.31. The molecule has 3 rings (SSSR count). The quantitative estimate of drug-likeness (QED) is 0.648. The topological polar surface area (TPSA) is 102 Å². The van der Waals surface area contributed by atoms with Crippen molar-refractivity contribution in [2.45, 2.75) is 25.9 Å². The fraction of sp³-hybridized carbons (Fsp3) is 0.174. The highest BCUT2D eigenvalue weighted by Gasteiger charge is 2.29. The van der Waals surface area contributed by atoms with Gasteiger partial charge in [-0.3, -0.25) is 9.59 Å². The lowest BCUT2D eigenvalue weighted by Gasteiger charge is -2.32. The van der Waals surface area contributed by atoms with Crippen LogP contribution in [0, 0.1) is 6.92 Å². The van der Waals surface area contributed by atoms with Gasteiger partial charge in [0.15, 0.2) is 0 Å². The second-order valence-electron chi connectivity index (χ2n) is 6.95. The number of hydrogen-bond acceptors (Lipinski definition) is 4. The number of primary amides is 1. The summed E-state index contributed by atoms with van der Waals surface area (Å²) in [6, 6.07) is 20.1. The van der Waals surface area contributed by atoms with Crippen LogP contribution >= 0.6 is 0 Å². The molecule has 0 fully saturated rings. The van der Waals surface area contributed by atoms with Crippen LogP contribution in [0.5, 0.6) is 0 Å². The van der Waals surface area contributed by atoms with Crippen LogP contribution in [-0.4, -0.2) is 21.7 Å². The molecular formula is C23H24N4O2. The number of anilines is 1. The predicted octanol–water partition coefficient (Wildman–Crippen LogP) is 3.23. The van der Waals surface area contributed by atoms with Crippen molar-refractivity contribution in [3.05, 3.63) is 95.2 Å². The SMILES string of the molecule is Cc1ccc(CN(C(=O)c2cccnc2N)[C@@H](CC(N)=O)c2ccccc2)cc1. The van der Waals surface area contributed by atoms with E-state index in [2.05, 4.69) is 4.98 Å². The summed E-state index contributed by atoms with van der Waals surface area (Å²) in [5.74, 6) is -0.636. The second kappa shape index (κ2) is 9.01. The van der Waals surface area contributed by atoms with Gasteiger partial charge in [-0.1, -0.05) is 60.2 Å². The van der Waals surface area contributed by atoms with Gasteiger partial charge in [-0.25, -0.2) is 4.98 Å². The van der Waals surface area contributed by atoms with Gasteiger partial charge in [0.1, 0.15) is 5.82 Å². The van der Waals surface area contributed by atoms with E-state index in [1.807, 2.05) is 61.5 Å². The number of carbonyl (C=O) groups excluding carboxylic acids is 2. The van der Waals surface area contributed by atoms with Crippen molar-refractivity contribution in [1.29, 1.82) is 0 Å². The zero-order valence-electron chi connectivity index (χ0n) is 16.3. The average Bonchev–Trinajstić information content (AvgIpc) is 2.72. The summed E-state index contributed by atoms with van der Waals surface area (Å²) in [7, 11) is 0. The lowest BCUT2D eigenvalue weighted by molar-refractivity contribution is -0.119. The van der Waals surface area contributed by atoms with Crippen molar-refractivity contribution in [3.63, 3.8) is 0 Å². The second-order valence-corrected chi connectivity index (χ2v) is 6.95. The highest BCUT2D eigenvalue weighted by atomic mass is 16.2. The first kappa shape index (κ1) is 20.1. The van der Waals surface area contributed by atoms with Gasteiger partial charge < -0.3 is 16.4 Å². The highest BCUT2D eigenvalue weighted by Crippen LogP contribution is 2.29. The van der Waals surface area contributed by atoms with E-state index >= 15 is 0 Å². The van der Waals surface area contributed by atoms with E-state index in [4.69, 9.17) is 11.5 Å². The molecule has 0 aliphatic rings. The molecule has 29 heavy (non-hydrogen) atoms. The zero-order chi connectivity index (χ0) is 20.8. The molecule has 0 saturated heterocycles. The molecule has 0 aliphatic heterocycles. The van der Waals surface area contributed by atoms with Crippen LogP contribution in [0.15, 0.2) is 72.9 Å². The molecule has 0 saturated carbocycles. The Morgan fingerprint density at radius 1 is 1.00 bits per heavy atom. The molecule has 148 valence electrons. The maximum absolute atomic E-state index is 13.5. The molecule has 0 bridgehead atoms. The first-order valence-electron chi connectivity index (χ1n) is 9.36. The summed E-state index contributed by atoms with van der Waals surface area (Å²) in [5, 5.41) is 0. The zero-order valence-corrected chi connectivity index (χ0v) is 16.3. The van der Waals surface area contributed by atoms with Crippen LogP contribution in [0.2, 0.25) is 0 Å². The van der Waals surface area contributed by atoms with E-state index < -0.39 is 11.9 Å². The van der Waals surface area contributed by atoms with Gasteiger partial charge in [-0.2, -0.15) is 0 Å². The summed E-state index contributed by atoms with van der Waals surface area (Å²) in [4.78, 5) is 31.0. The number of rotatable bonds is 7. The largest absolute Gasteiger partial charge is 0.383 e. The Bertz CT molecular complexity index is 987. The normalized spacial score (nSPS) is 11.6. The van der Waals surface area contributed by atoms with Crippen LogP contribution < -0.4 is 11.5 Å². The Hall–Kier alpha value is -3.67. The Morgan fingerprint density at radius 3 is 2.31 bits per heavy atom. The highest BCUT2D eigenvalue weighted by molar-refractivity contribution is 5.98. The minimum Gasteiger partial charge on any atom is -0.383 e. The molecule has 1 heterocycles. The van der Waals surface area contributed by atoms with E-state index in [0.29, 0.717) is 12.1 Å². The van der Waals surface area contributed by atoms with Crippen LogP contribution in [0.1, 0.15) is 39.5 Å². The predicted molar refractivity (Wildman–Crippen MR) is 113 cm³/mol. The Morgan fingerprint density at radius 2 is 1.69 bits per heavy atom. The minimum atomic E-state index is -0.526. The van der Waals surface area contributed by atoms with Crippen molar-refractivity contribution >= 4 is 17.6 Å². The number of pyridine rings is 1. The third-order valence-corrected chi connectivity index (χ3v) is 4.76. The molecule has 3 aromatic rings. The third kappa shape index (κ3) is 4.99. The van der Waals surface area contributed by atoms with Crippen LogP contribution in [-0.2, 0) is 11.3 Å². The monoisotopic (exact) mass is 388 g/mol. The van der Waals surface area contributed by atoms with Gasteiger partial charge in [-0.05, 0) is 30.2 Å². The number of nitrogen functional groups attached to an aromatic ring is 1. The van der Waals surface area contributed by atoms with E-state index in [1.54, 1.807) is 17.0 Å². The summed E-state index contributed by atoms with van der Waals surface area (Å²) in [6.07, 6.45) is 1.54. The fourth-order valence-electron chi connectivity index (χ4n) is 3.24. The van der Waals surface area contributed by atoms with E-state index in [0.717, 1.165) is 16.7 Å². The third-order valence-electron chi connectivity index (χ3n) is 4.76. The Balaban J connectivity index is 2.06. The number of nitrogens with zero attached hydrogens (tertiary/aromatic N) is 2. The Labute approximate surface area is 170 Å². The molecule has 2 amide bonds. The summed E-state index contributed by atoms with van der Waals surface area (Å²) >= 11 is 0. The van der Waals surface area contributed by atoms with Gasteiger partial charge in [0, 0.05) is 12.7 Å². The molecule has 0 spiro atoms. The lowest BCUT2D eigenvalue weighted by atomic mass is 9.99. The smallest absolute Gasteiger partial charge is 0.258 e. The number of carbonyl (C=O) groups is 2. The van der Waals surface area contributed by atoms with Gasteiger partial charge in [0.05, 0.1) is 18.0 Å². The number of amides is 2. The summed E-state index contributed by atoms with van der Waals surface area (Å²) < 4.78 is 0. The van der Waals surface area contributed by atoms with Crippen LogP contribution in [0.3, 0.4) is 0 Å². The fourth-order valence-corrected chi connectivity index (χ4v) is 3.24. The molecule has 4 N–H and O–H groups in total. The van der Waals surface area contributed by atoms with Crippen molar-refractivity contribution in [2.24, 2.45) is 5.73 Å². The maximum atomic E-state index is 13.5. The minimum absolute atomic E-state index is 0.00177. The van der Waals surface area contributed by atoms with E-state index in [-0.39, 0.29) is 18.1 Å². The maximum Gasteiger partial charge on any atom is 0.258 e. The van der Waals surface area contributed by atoms with Crippen molar-refractivity contribution in [2.75, 3.05) is 5.73 Å².